The van der Waals surface area contributed by atoms with Crippen LogP contribution in [0.1, 0.15) is 5.82 Å². The molecular weight excluding hydrogens is 334 g/mol. The lowest BCUT2D eigenvalue weighted by atomic mass is 10.2. The molecule has 0 radical (unpaired) electrons. The first-order valence-corrected chi connectivity index (χ1v) is 9.30. The van der Waals surface area contributed by atoms with Crippen molar-refractivity contribution >= 4 is 33.1 Å². The number of anilines is 1. The fourth-order valence-electron chi connectivity index (χ4n) is 3.24. The van der Waals surface area contributed by atoms with Crippen molar-refractivity contribution in [1.29, 1.82) is 0 Å². The van der Waals surface area contributed by atoms with E-state index in [0.29, 0.717) is 6.54 Å². The number of benzene rings is 1. The van der Waals surface area contributed by atoms with Crippen LogP contribution in [0.3, 0.4) is 0 Å². The summed E-state index contributed by atoms with van der Waals surface area (Å²) in [5, 5.41) is 6.40. The number of aromatic nitrogens is 2. The van der Waals surface area contributed by atoms with E-state index in [9.17, 15) is 4.79 Å². The van der Waals surface area contributed by atoms with Gasteiger partial charge in [0.25, 0.3) is 0 Å². The van der Waals surface area contributed by atoms with E-state index in [-0.39, 0.29) is 6.03 Å². The number of nitrogens with zero attached hydrogens (tertiary/aromatic N) is 4. The summed E-state index contributed by atoms with van der Waals surface area (Å²) in [4.78, 5) is 20.9. The third-order valence-corrected chi connectivity index (χ3v) is 5.58. The van der Waals surface area contributed by atoms with Crippen molar-refractivity contribution in [2.24, 2.45) is 7.05 Å². The smallest absolute Gasteiger partial charge is 0.317 e. The molecule has 1 saturated heterocycles. The van der Waals surface area contributed by atoms with Crippen molar-refractivity contribution < 1.29 is 4.79 Å². The van der Waals surface area contributed by atoms with Crippen molar-refractivity contribution in [3.05, 3.63) is 47.9 Å². The minimum absolute atomic E-state index is 0.0172. The number of hydrogen-bond donors (Lipinski definition) is 1. The van der Waals surface area contributed by atoms with E-state index in [4.69, 9.17) is 0 Å². The molecule has 25 heavy (non-hydrogen) atoms. The second kappa shape index (κ2) is 6.76. The Morgan fingerprint density at radius 3 is 2.84 bits per heavy atom. The molecule has 2 aromatic heterocycles. The Balaban J connectivity index is 1.36. The molecule has 1 aliphatic heterocycles. The van der Waals surface area contributed by atoms with Crippen molar-refractivity contribution in [1.82, 2.24) is 19.8 Å². The van der Waals surface area contributed by atoms with E-state index in [1.807, 2.05) is 22.7 Å². The highest BCUT2D eigenvalue weighted by molar-refractivity contribution is 7.17. The molecule has 0 bridgehead atoms. The Bertz CT molecular complexity index is 878. The summed E-state index contributed by atoms with van der Waals surface area (Å²) in [6, 6.07) is 8.61. The summed E-state index contributed by atoms with van der Waals surface area (Å²) in [5.74, 6) is 0.858. The zero-order chi connectivity index (χ0) is 17.2. The molecule has 6 nitrogen and oxygen atoms in total. The predicted molar refractivity (Wildman–Crippen MR) is 101 cm³/mol. The fourth-order valence-corrected chi connectivity index (χ4v) is 4.05. The number of carbonyl (C=O) groups is 1. The third-order valence-electron chi connectivity index (χ3n) is 4.70. The van der Waals surface area contributed by atoms with Crippen LogP contribution in [0.5, 0.6) is 0 Å². The summed E-state index contributed by atoms with van der Waals surface area (Å²) in [5.41, 5.74) is 1.27. The predicted octanol–water partition coefficient (Wildman–Crippen LogP) is 2.67. The average molecular weight is 355 g/mol. The molecule has 0 unspecified atom stereocenters. The molecule has 1 fully saturated rings. The monoisotopic (exact) mass is 355 g/mol. The molecule has 0 spiro atoms. The van der Waals surface area contributed by atoms with E-state index >= 15 is 0 Å². The van der Waals surface area contributed by atoms with Crippen LogP contribution >= 0.6 is 11.3 Å². The average Bonchev–Trinajstić information content (AvgIpc) is 3.28. The molecule has 1 aromatic carbocycles. The Hall–Kier alpha value is -2.54. The molecule has 0 atom stereocenters. The van der Waals surface area contributed by atoms with E-state index in [1.165, 1.54) is 15.8 Å². The lowest BCUT2D eigenvalue weighted by Crippen LogP contribution is -2.51. The van der Waals surface area contributed by atoms with Crippen LogP contribution in [0.15, 0.2) is 42.0 Å². The first kappa shape index (κ1) is 16.0. The maximum atomic E-state index is 12.4. The quantitative estimate of drug-likeness (QED) is 0.786. The number of rotatable bonds is 3. The van der Waals surface area contributed by atoms with Gasteiger partial charge >= 0.3 is 6.03 Å². The normalized spacial score (nSPS) is 14.9. The molecule has 0 aliphatic carbocycles. The van der Waals surface area contributed by atoms with E-state index in [0.717, 1.165) is 32.0 Å². The highest BCUT2D eigenvalue weighted by Gasteiger charge is 2.22. The molecule has 7 heteroatoms. The van der Waals surface area contributed by atoms with Gasteiger partial charge in [-0.1, -0.05) is 6.07 Å². The van der Waals surface area contributed by atoms with Crippen molar-refractivity contribution in [2.45, 2.75) is 6.54 Å². The molecule has 2 amide bonds. The van der Waals surface area contributed by atoms with Crippen LogP contribution in [-0.2, 0) is 13.6 Å². The third kappa shape index (κ3) is 3.19. The molecular formula is C18H21N5OS. The Morgan fingerprint density at radius 2 is 2.08 bits per heavy atom. The Kier molecular flexibility index (Phi) is 4.31. The number of carbonyl (C=O) groups excluding carboxylic acids is 1. The van der Waals surface area contributed by atoms with Crippen LogP contribution in [0.25, 0.3) is 10.1 Å². The number of piperazine rings is 1. The number of thiophene rings is 1. The van der Waals surface area contributed by atoms with Crippen molar-refractivity contribution in [3.63, 3.8) is 0 Å². The zero-order valence-corrected chi connectivity index (χ0v) is 15.0. The van der Waals surface area contributed by atoms with Crippen LogP contribution < -0.4 is 10.2 Å². The summed E-state index contributed by atoms with van der Waals surface area (Å²) in [7, 11) is 1.93. The first-order valence-electron chi connectivity index (χ1n) is 8.42. The minimum atomic E-state index is -0.0172. The van der Waals surface area contributed by atoms with Gasteiger partial charge in [0.2, 0.25) is 0 Å². The van der Waals surface area contributed by atoms with E-state index in [2.05, 4.69) is 44.8 Å². The van der Waals surface area contributed by atoms with Crippen LogP contribution in [0.2, 0.25) is 0 Å². The van der Waals surface area contributed by atoms with Crippen LogP contribution in [0, 0.1) is 0 Å². The van der Waals surface area contributed by atoms with Gasteiger partial charge in [-0.15, -0.1) is 11.3 Å². The number of fused-ring (bicyclic) bond motifs is 1. The van der Waals surface area contributed by atoms with Gasteiger partial charge in [0, 0.05) is 61.4 Å². The lowest BCUT2D eigenvalue weighted by Gasteiger charge is -2.36. The Morgan fingerprint density at radius 1 is 1.24 bits per heavy atom. The number of aryl methyl sites for hydroxylation is 1. The van der Waals surface area contributed by atoms with Gasteiger partial charge in [0.05, 0.1) is 6.54 Å². The van der Waals surface area contributed by atoms with E-state index in [1.54, 1.807) is 17.5 Å². The van der Waals surface area contributed by atoms with Crippen molar-refractivity contribution in [3.8, 4) is 0 Å². The minimum Gasteiger partial charge on any atom is -0.367 e. The SMILES string of the molecule is Cn1ccnc1CNC(=O)N1CCN(c2cccc3sccc23)CC1. The lowest BCUT2D eigenvalue weighted by molar-refractivity contribution is 0.193. The fraction of sp³-hybridized carbons (Fsp3) is 0.333. The van der Waals surface area contributed by atoms with Gasteiger partial charge < -0.3 is 19.7 Å². The highest BCUT2D eigenvalue weighted by Crippen LogP contribution is 2.31. The maximum Gasteiger partial charge on any atom is 0.317 e. The maximum absolute atomic E-state index is 12.4. The zero-order valence-electron chi connectivity index (χ0n) is 14.2. The largest absolute Gasteiger partial charge is 0.367 e. The molecule has 3 heterocycles. The molecule has 130 valence electrons. The molecule has 1 N–H and O–H groups in total. The Labute approximate surface area is 150 Å². The second-order valence-electron chi connectivity index (χ2n) is 6.20. The van der Waals surface area contributed by atoms with Crippen LogP contribution in [-0.4, -0.2) is 46.7 Å². The summed E-state index contributed by atoms with van der Waals surface area (Å²) < 4.78 is 3.23. The number of nitrogens with one attached hydrogen (secondary N) is 1. The molecule has 3 aromatic rings. The van der Waals surface area contributed by atoms with Crippen molar-refractivity contribution in [2.75, 3.05) is 31.1 Å². The van der Waals surface area contributed by atoms with E-state index < -0.39 is 0 Å². The second-order valence-corrected chi connectivity index (χ2v) is 7.14. The van der Waals surface area contributed by atoms with Gasteiger partial charge in [-0.05, 0) is 23.6 Å². The number of imidazole rings is 1. The number of hydrogen-bond acceptors (Lipinski definition) is 4. The van der Waals surface area contributed by atoms with Gasteiger partial charge in [-0.3, -0.25) is 0 Å². The molecule has 0 saturated carbocycles. The topological polar surface area (TPSA) is 53.4 Å². The first-order chi connectivity index (χ1) is 12.2. The van der Waals surface area contributed by atoms with Gasteiger partial charge in [-0.25, -0.2) is 9.78 Å². The molecule has 4 rings (SSSR count). The number of amides is 2. The summed E-state index contributed by atoms with van der Waals surface area (Å²) in [6.45, 7) is 3.62. The summed E-state index contributed by atoms with van der Waals surface area (Å²) in [6.07, 6.45) is 3.62. The highest BCUT2D eigenvalue weighted by atomic mass is 32.1. The standard InChI is InChI=1S/C18H21N5OS/c1-21-7-6-19-17(21)13-20-18(24)23-10-8-22(9-11-23)15-3-2-4-16-14(15)5-12-25-16/h2-7,12H,8-11,13H2,1H3,(H,20,24). The van der Waals surface area contributed by atoms with Gasteiger partial charge in [0.1, 0.15) is 5.82 Å². The van der Waals surface area contributed by atoms with Gasteiger partial charge in [-0.2, -0.15) is 0 Å². The summed E-state index contributed by atoms with van der Waals surface area (Å²) >= 11 is 1.77. The number of urea groups is 1. The van der Waals surface area contributed by atoms with Crippen LogP contribution in [0.4, 0.5) is 10.5 Å². The van der Waals surface area contributed by atoms with Gasteiger partial charge in [0.15, 0.2) is 0 Å². The molecule has 1 aliphatic rings.